The van der Waals surface area contributed by atoms with Gasteiger partial charge < -0.3 is 11.1 Å². The molecule has 1 saturated carbocycles. The summed E-state index contributed by atoms with van der Waals surface area (Å²) in [5, 5.41) is 12.4. The second-order valence-corrected chi connectivity index (χ2v) is 5.56. The van der Waals surface area contributed by atoms with Crippen LogP contribution in [0, 0.1) is 23.2 Å². The van der Waals surface area contributed by atoms with Crippen LogP contribution in [0.15, 0.2) is 18.2 Å². The number of nitrogen functional groups attached to an aromatic ring is 1. The van der Waals surface area contributed by atoms with Crippen LogP contribution >= 0.6 is 0 Å². The van der Waals surface area contributed by atoms with E-state index in [0.29, 0.717) is 23.2 Å². The van der Waals surface area contributed by atoms with Gasteiger partial charge in [0.15, 0.2) is 0 Å². The second kappa shape index (κ2) is 5.30. The minimum atomic E-state index is 0.522. The molecule has 0 bridgehead atoms. The van der Waals surface area contributed by atoms with E-state index in [2.05, 4.69) is 25.2 Å². The number of nitrogens with zero attached hydrogens (tertiary/aromatic N) is 1. The lowest BCUT2D eigenvalue weighted by molar-refractivity contribution is 0.276. The number of benzene rings is 1. The summed E-state index contributed by atoms with van der Waals surface area (Å²) in [5.41, 5.74) is 7.96. The highest BCUT2D eigenvalue weighted by atomic mass is 14.9. The van der Waals surface area contributed by atoms with Gasteiger partial charge in [-0.1, -0.05) is 13.8 Å². The van der Waals surface area contributed by atoms with Gasteiger partial charge in [-0.15, -0.1) is 0 Å². The zero-order chi connectivity index (χ0) is 13.1. The molecule has 1 aromatic rings. The molecular formula is C15H21N3. The van der Waals surface area contributed by atoms with E-state index in [1.54, 1.807) is 6.07 Å². The molecule has 96 valence electrons. The molecule has 3 atom stereocenters. The van der Waals surface area contributed by atoms with Crippen molar-refractivity contribution >= 4 is 11.4 Å². The van der Waals surface area contributed by atoms with Gasteiger partial charge in [0.25, 0.3) is 0 Å². The van der Waals surface area contributed by atoms with Crippen molar-refractivity contribution in [3.63, 3.8) is 0 Å². The molecule has 0 saturated heterocycles. The Labute approximate surface area is 109 Å². The Morgan fingerprint density at radius 3 is 2.72 bits per heavy atom. The highest BCUT2D eigenvalue weighted by molar-refractivity contribution is 5.62. The first-order valence-electron chi connectivity index (χ1n) is 6.66. The third kappa shape index (κ3) is 2.76. The highest BCUT2D eigenvalue weighted by Gasteiger charge is 2.25. The van der Waals surface area contributed by atoms with Crippen LogP contribution < -0.4 is 11.1 Å². The van der Waals surface area contributed by atoms with Gasteiger partial charge >= 0.3 is 0 Å². The van der Waals surface area contributed by atoms with E-state index in [4.69, 9.17) is 11.0 Å². The lowest BCUT2D eigenvalue weighted by atomic mass is 9.80. The van der Waals surface area contributed by atoms with Gasteiger partial charge in [0.05, 0.1) is 11.3 Å². The molecule has 0 aliphatic heterocycles. The number of nitriles is 1. The van der Waals surface area contributed by atoms with Crippen molar-refractivity contribution in [3.05, 3.63) is 23.8 Å². The third-order valence-corrected chi connectivity index (χ3v) is 3.96. The van der Waals surface area contributed by atoms with Crippen LogP contribution in [0.5, 0.6) is 0 Å². The van der Waals surface area contributed by atoms with E-state index in [0.717, 1.165) is 11.6 Å². The molecule has 3 N–H and O–H groups in total. The van der Waals surface area contributed by atoms with Crippen molar-refractivity contribution in [2.24, 2.45) is 11.8 Å². The maximum atomic E-state index is 8.85. The zero-order valence-corrected chi connectivity index (χ0v) is 11.1. The monoisotopic (exact) mass is 243 g/mol. The smallest absolute Gasteiger partial charge is 0.101 e. The summed E-state index contributed by atoms with van der Waals surface area (Å²) in [6.45, 7) is 4.63. The molecule has 1 aliphatic rings. The molecule has 3 heteroatoms. The Bertz CT molecular complexity index is 461. The first kappa shape index (κ1) is 12.8. The van der Waals surface area contributed by atoms with E-state index < -0.39 is 0 Å². The molecule has 18 heavy (non-hydrogen) atoms. The maximum absolute atomic E-state index is 8.85. The zero-order valence-electron chi connectivity index (χ0n) is 11.1. The molecule has 2 rings (SSSR count). The SMILES string of the molecule is CC1CCC(Nc2ccc(C#N)c(N)c2)C(C)C1. The average Bonchev–Trinajstić information content (AvgIpc) is 2.33. The first-order valence-corrected chi connectivity index (χ1v) is 6.66. The quantitative estimate of drug-likeness (QED) is 0.783. The van der Waals surface area contributed by atoms with Gasteiger partial charge in [0.2, 0.25) is 0 Å². The fraction of sp³-hybridized carbons (Fsp3) is 0.533. The third-order valence-electron chi connectivity index (χ3n) is 3.96. The Balaban J connectivity index is 2.06. The molecule has 0 aromatic heterocycles. The summed E-state index contributed by atoms with van der Waals surface area (Å²) in [6.07, 6.45) is 3.78. The molecular weight excluding hydrogens is 222 g/mol. The Hall–Kier alpha value is -1.69. The van der Waals surface area contributed by atoms with E-state index in [-0.39, 0.29) is 0 Å². The van der Waals surface area contributed by atoms with E-state index in [9.17, 15) is 0 Å². The molecule has 0 amide bonds. The molecule has 0 radical (unpaired) electrons. The van der Waals surface area contributed by atoms with Crippen LogP contribution in [-0.2, 0) is 0 Å². The van der Waals surface area contributed by atoms with Crippen LogP contribution in [-0.4, -0.2) is 6.04 Å². The minimum Gasteiger partial charge on any atom is -0.398 e. The second-order valence-electron chi connectivity index (χ2n) is 5.56. The number of rotatable bonds is 2. The fourth-order valence-electron chi connectivity index (χ4n) is 2.85. The fourth-order valence-corrected chi connectivity index (χ4v) is 2.85. The van der Waals surface area contributed by atoms with Crippen molar-refractivity contribution < 1.29 is 0 Å². The standard InChI is InChI=1S/C15H21N3/c1-10-3-6-15(11(2)7-10)18-13-5-4-12(9-16)14(17)8-13/h4-5,8,10-11,15,18H,3,6-7,17H2,1-2H3. The van der Waals surface area contributed by atoms with Crippen LogP contribution in [0.2, 0.25) is 0 Å². The van der Waals surface area contributed by atoms with Crippen LogP contribution in [0.1, 0.15) is 38.7 Å². The average molecular weight is 243 g/mol. The number of nitrogens with two attached hydrogens (primary N) is 1. The first-order chi connectivity index (χ1) is 8.60. The summed E-state index contributed by atoms with van der Waals surface area (Å²) >= 11 is 0. The van der Waals surface area contributed by atoms with E-state index >= 15 is 0 Å². The van der Waals surface area contributed by atoms with Gasteiger partial charge in [-0.3, -0.25) is 0 Å². The van der Waals surface area contributed by atoms with Crippen molar-refractivity contribution in [1.82, 2.24) is 0 Å². The van der Waals surface area contributed by atoms with Gasteiger partial charge in [-0.05, 0) is 49.3 Å². The minimum absolute atomic E-state index is 0.522. The summed E-state index contributed by atoms with van der Waals surface area (Å²) in [6, 6.07) is 8.20. The maximum Gasteiger partial charge on any atom is 0.101 e. The molecule has 0 heterocycles. The van der Waals surface area contributed by atoms with Crippen molar-refractivity contribution in [2.75, 3.05) is 11.1 Å². The summed E-state index contributed by atoms with van der Waals surface area (Å²) in [7, 11) is 0. The van der Waals surface area contributed by atoms with Crippen molar-refractivity contribution in [2.45, 2.75) is 39.2 Å². The van der Waals surface area contributed by atoms with Gasteiger partial charge in [-0.25, -0.2) is 0 Å². The predicted molar refractivity (Wildman–Crippen MR) is 75.2 cm³/mol. The topological polar surface area (TPSA) is 61.8 Å². The Kier molecular flexibility index (Phi) is 3.76. The summed E-state index contributed by atoms with van der Waals surface area (Å²) in [5.74, 6) is 1.52. The van der Waals surface area contributed by atoms with Crippen molar-refractivity contribution in [1.29, 1.82) is 5.26 Å². The number of nitrogens with one attached hydrogen (secondary N) is 1. The van der Waals surface area contributed by atoms with Crippen LogP contribution in [0.25, 0.3) is 0 Å². The van der Waals surface area contributed by atoms with E-state index in [1.165, 1.54) is 19.3 Å². The number of hydrogen-bond acceptors (Lipinski definition) is 3. The normalized spacial score (nSPS) is 27.5. The number of anilines is 2. The van der Waals surface area contributed by atoms with Gasteiger partial charge in [0, 0.05) is 11.7 Å². The van der Waals surface area contributed by atoms with Gasteiger partial charge in [-0.2, -0.15) is 5.26 Å². The largest absolute Gasteiger partial charge is 0.398 e. The molecule has 1 fully saturated rings. The lowest BCUT2D eigenvalue weighted by Gasteiger charge is -2.33. The highest BCUT2D eigenvalue weighted by Crippen LogP contribution is 2.31. The molecule has 3 nitrogen and oxygen atoms in total. The molecule has 3 unspecified atom stereocenters. The number of hydrogen-bond donors (Lipinski definition) is 2. The van der Waals surface area contributed by atoms with Crippen LogP contribution in [0.3, 0.4) is 0 Å². The van der Waals surface area contributed by atoms with Crippen molar-refractivity contribution in [3.8, 4) is 6.07 Å². The molecule has 0 spiro atoms. The Morgan fingerprint density at radius 1 is 1.33 bits per heavy atom. The van der Waals surface area contributed by atoms with Crippen LogP contribution in [0.4, 0.5) is 11.4 Å². The predicted octanol–water partition coefficient (Wildman–Crippen LogP) is 3.38. The summed E-state index contributed by atoms with van der Waals surface area (Å²) < 4.78 is 0. The summed E-state index contributed by atoms with van der Waals surface area (Å²) in [4.78, 5) is 0. The lowest BCUT2D eigenvalue weighted by Crippen LogP contribution is -2.33. The van der Waals surface area contributed by atoms with E-state index in [1.807, 2.05) is 12.1 Å². The molecule has 1 aromatic carbocycles. The Morgan fingerprint density at radius 2 is 2.11 bits per heavy atom. The van der Waals surface area contributed by atoms with Gasteiger partial charge in [0.1, 0.15) is 6.07 Å². The molecule has 1 aliphatic carbocycles.